The number of para-hydroxylation sites is 1. The van der Waals surface area contributed by atoms with Crippen LogP contribution >= 0.6 is 0 Å². The first-order valence-corrected chi connectivity index (χ1v) is 9.80. The van der Waals surface area contributed by atoms with Gasteiger partial charge in [-0.25, -0.2) is 18.6 Å². The third-order valence-corrected chi connectivity index (χ3v) is 5.94. The number of hydrogen-bond acceptors (Lipinski definition) is 4. The van der Waals surface area contributed by atoms with Crippen molar-refractivity contribution in [3.63, 3.8) is 0 Å². The van der Waals surface area contributed by atoms with E-state index in [1.54, 1.807) is 13.8 Å². The minimum atomic E-state index is -2.83. The number of urea groups is 1. The van der Waals surface area contributed by atoms with Crippen molar-refractivity contribution in [3.8, 4) is 5.69 Å². The van der Waals surface area contributed by atoms with E-state index in [9.17, 15) is 23.2 Å². The molecule has 4 rings (SSSR count). The molecule has 0 atom stereocenters. The predicted molar refractivity (Wildman–Crippen MR) is 104 cm³/mol. The van der Waals surface area contributed by atoms with E-state index in [1.807, 2.05) is 34.9 Å². The summed E-state index contributed by atoms with van der Waals surface area (Å²) in [5.41, 5.74) is 0.278. The van der Waals surface area contributed by atoms with Crippen LogP contribution in [0.5, 0.6) is 0 Å². The lowest BCUT2D eigenvalue weighted by molar-refractivity contribution is -0.135. The summed E-state index contributed by atoms with van der Waals surface area (Å²) in [6, 6.07) is 8.67. The summed E-state index contributed by atoms with van der Waals surface area (Å²) in [6.45, 7) is 3.04. The van der Waals surface area contributed by atoms with Crippen LogP contribution in [0.15, 0.2) is 30.3 Å². The zero-order chi connectivity index (χ0) is 21.7. The standard InChI is InChI=1S/C21H22F2N4O3/c1-13-17(24-14(2)27(13)15-6-4-3-5-7-15)16(28)12-26-18(29)20(25-19(26)30)8-10-21(22,23)11-9-20/h3-7H,8-12H2,1-2H3,(H,25,30). The first kappa shape index (κ1) is 20.2. The Morgan fingerprint density at radius 1 is 1.10 bits per heavy atom. The number of imidazole rings is 1. The molecule has 3 amide bonds. The van der Waals surface area contributed by atoms with E-state index in [0.29, 0.717) is 11.5 Å². The third kappa shape index (κ3) is 3.28. The molecule has 1 spiro atoms. The summed E-state index contributed by atoms with van der Waals surface area (Å²) in [5.74, 6) is -3.33. The number of halogens is 2. The van der Waals surface area contributed by atoms with Crippen LogP contribution in [0, 0.1) is 13.8 Å². The smallest absolute Gasteiger partial charge is 0.323 e. The second kappa shape index (κ2) is 7.00. The summed E-state index contributed by atoms with van der Waals surface area (Å²) in [5, 5.41) is 2.55. The number of carbonyl (C=O) groups excluding carboxylic acids is 3. The Labute approximate surface area is 172 Å². The van der Waals surface area contributed by atoms with E-state index in [2.05, 4.69) is 10.3 Å². The van der Waals surface area contributed by atoms with E-state index in [-0.39, 0.29) is 18.5 Å². The molecule has 7 nitrogen and oxygen atoms in total. The Morgan fingerprint density at radius 3 is 2.37 bits per heavy atom. The molecule has 1 saturated carbocycles. The van der Waals surface area contributed by atoms with E-state index < -0.39 is 48.6 Å². The molecule has 9 heteroatoms. The highest BCUT2D eigenvalue weighted by molar-refractivity contribution is 6.11. The van der Waals surface area contributed by atoms with Gasteiger partial charge in [-0.2, -0.15) is 0 Å². The number of benzene rings is 1. The summed E-state index contributed by atoms with van der Waals surface area (Å²) < 4.78 is 28.9. The van der Waals surface area contributed by atoms with Crippen LogP contribution < -0.4 is 5.32 Å². The fourth-order valence-electron chi connectivity index (χ4n) is 4.28. The van der Waals surface area contributed by atoms with Gasteiger partial charge < -0.3 is 9.88 Å². The van der Waals surface area contributed by atoms with Crippen LogP contribution in [0.25, 0.3) is 5.69 Å². The van der Waals surface area contributed by atoms with E-state index >= 15 is 0 Å². The Hall–Kier alpha value is -3.10. The van der Waals surface area contributed by atoms with Crippen LogP contribution in [0.1, 0.15) is 47.7 Å². The second-order valence-electron chi connectivity index (χ2n) is 7.95. The molecule has 0 unspecified atom stereocenters. The number of carbonyl (C=O) groups is 3. The molecule has 2 fully saturated rings. The molecule has 158 valence electrons. The first-order valence-electron chi connectivity index (χ1n) is 9.80. The Morgan fingerprint density at radius 2 is 1.73 bits per heavy atom. The van der Waals surface area contributed by atoms with Gasteiger partial charge in [0.1, 0.15) is 17.1 Å². The van der Waals surface area contributed by atoms with E-state index in [0.717, 1.165) is 10.6 Å². The highest BCUT2D eigenvalue weighted by Crippen LogP contribution is 2.41. The molecule has 1 aromatic heterocycles. The van der Waals surface area contributed by atoms with Crippen molar-refractivity contribution in [1.29, 1.82) is 0 Å². The molecule has 30 heavy (non-hydrogen) atoms. The quantitative estimate of drug-likeness (QED) is 0.613. The molecule has 2 aromatic rings. The molecule has 1 saturated heterocycles. The van der Waals surface area contributed by atoms with E-state index in [1.165, 1.54) is 0 Å². The van der Waals surface area contributed by atoms with Gasteiger partial charge in [0.2, 0.25) is 11.7 Å². The topological polar surface area (TPSA) is 84.3 Å². The first-order chi connectivity index (χ1) is 14.1. The maximum absolute atomic E-state index is 13.5. The lowest BCUT2D eigenvalue weighted by Gasteiger charge is -2.34. The number of imide groups is 1. The largest absolute Gasteiger partial charge is 0.325 e. The lowest BCUT2D eigenvalue weighted by atomic mass is 9.80. The fraction of sp³-hybridized carbons (Fsp3) is 0.429. The average Bonchev–Trinajstić information content (AvgIpc) is 3.13. The number of ketones is 1. The predicted octanol–water partition coefficient (Wildman–Crippen LogP) is 3.17. The number of aromatic nitrogens is 2. The van der Waals surface area contributed by atoms with Gasteiger partial charge in [-0.05, 0) is 38.8 Å². The zero-order valence-electron chi connectivity index (χ0n) is 16.7. The highest BCUT2D eigenvalue weighted by atomic mass is 19.3. The lowest BCUT2D eigenvalue weighted by Crippen LogP contribution is -2.51. The van der Waals surface area contributed by atoms with Crippen LogP contribution in [0.3, 0.4) is 0 Å². The van der Waals surface area contributed by atoms with Crippen molar-refractivity contribution < 1.29 is 23.2 Å². The van der Waals surface area contributed by atoms with Gasteiger partial charge in [-0.15, -0.1) is 0 Å². The van der Waals surface area contributed by atoms with Crippen LogP contribution in [0.2, 0.25) is 0 Å². The van der Waals surface area contributed by atoms with Gasteiger partial charge in [0.05, 0.1) is 12.2 Å². The zero-order valence-corrected chi connectivity index (χ0v) is 16.7. The molecule has 2 aliphatic rings. The highest BCUT2D eigenvalue weighted by Gasteiger charge is 2.55. The number of nitrogens with one attached hydrogen (secondary N) is 1. The molecule has 1 aliphatic heterocycles. The summed E-state index contributed by atoms with van der Waals surface area (Å²) in [6.07, 6.45) is -1.23. The maximum atomic E-state index is 13.5. The summed E-state index contributed by atoms with van der Waals surface area (Å²) in [7, 11) is 0. The minimum absolute atomic E-state index is 0.143. The molecule has 1 aliphatic carbocycles. The van der Waals surface area contributed by atoms with Gasteiger partial charge in [-0.1, -0.05) is 18.2 Å². The number of alkyl halides is 2. The van der Waals surface area contributed by atoms with Crippen molar-refractivity contribution in [2.24, 2.45) is 0 Å². The number of Topliss-reactive ketones (excluding diaryl/α,β-unsaturated/α-hetero) is 1. The number of amides is 3. The van der Waals surface area contributed by atoms with Crippen molar-refractivity contribution in [3.05, 3.63) is 47.5 Å². The molecule has 0 radical (unpaired) electrons. The van der Waals surface area contributed by atoms with E-state index in [4.69, 9.17) is 0 Å². The van der Waals surface area contributed by atoms with Gasteiger partial charge in [-0.3, -0.25) is 14.5 Å². The fourth-order valence-corrected chi connectivity index (χ4v) is 4.28. The second-order valence-corrected chi connectivity index (χ2v) is 7.95. The summed E-state index contributed by atoms with van der Waals surface area (Å²) >= 11 is 0. The number of rotatable bonds is 4. The third-order valence-electron chi connectivity index (χ3n) is 5.94. The van der Waals surface area contributed by atoms with Crippen LogP contribution in [-0.2, 0) is 4.79 Å². The minimum Gasteiger partial charge on any atom is -0.323 e. The van der Waals surface area contributed by atoms with Gasteiger partial charge in [0.25, 0.3) is 5.91 Å². The van der Waals surface area contributed by atoms with Crippen molar-refractivity contribution in [2.75, 3.05) is 6.54 Å². The molecular formula is C21H22F2N4O3. The number of aryl methyl sites for hydroxylation is 1. The average molecular weight is 416 g/mol. The number of nitrogens with zero attached hydrogens (tertiary/aromatic N) is 3. The van der Waals surface area contributed by atoms with Gasteiger partial charge in [0, 0.05) is 18.5 Å². The van der Waals surface area contributed by atoms with Crippen molar-refractivity contribution >= 4 is 17.7 Å². The Bertz CT molecular complexity index is 1020. The molecular weight excluding hydrogens is 394 g/mol. The number of hydrogen-bond donors (Lipinski definition) is 1. The van der Waals surface area contributed by atoms with Gasteiger partial charge in [0.15, 0.2) is 0 Å². The molecule has 1 N–H and O–H groups in total. The normalized spacial score (nSPS) is 19.9. The molecule has 0 bridgehead atoms. The van der Waals surface area contributed by atoms with Crippen molar-refractivity contribution in [1.82, 2.24) is 19.8 Å². The Balaban J connectivity index is 1.55. The van der Waals surface area contributed by atoms with Crippen LogP contribution in [0.4, 0.5) is 13.6 Å². The monoisotopic (exact) mass is 416 g/mol. The molecule has 2 heterocycles. The van der Waals surface area contributed by atoms with Gasteiger partial charge >= 0.3 is 6.03 Å². The Kier molecular flexibility index (Phi) is 4.71. The maximum Gasteiger partial charge on any atom is 0.325 e. The van der Waals surface area contributed by atoms with Crippen LogP contribution in [-0.4, -0.2) is 50.2 Å². The summed E-state index contributed by atoms with van der Waals surface area (Å²) in [4.78, 5) is 43.3. The van der Waals surface area contributed by atoms with Crippen molar-refractivity contribution in [2.45, 2.75) is 51.0 Å². The SMILES string of the molecule is Cc1nc(C(=O)CN2C(=O)NC3(CCC(F)(F)CC3)C2=O)c(C)n1-c1ccccc1. The molecule has 1 aromatic carbocycles.